The summed E-state index contributed by atoms with van der Waals surface area (Å²) in [5, 5.41) is 3.78. The van der Waals surface area contributed by atoms with Crippen molar-refractivity contribution in [2.75, 3.05) is 5.75 Å². The van der Waals surface area contributed by atoms with Gasteiger partial charge in [0, 0.05) is 0 Å². The van der Waals surface area contributed by atoms with Gasteiger partial charge in [0.1, 0.15) is 0 Å². The fraction of sp³-hybridized carbons (Fsp3) is 0.381. The van der Waals surface area contributed by atoms with Crippen molar-refractivity contribution in [3.63, 3.8) is 0 Å². The van der Waals surface area contributed by atoms with Gasteiger partial charge in [0.05, 0.1) is 11.4 Å². The molecule has 0 radical (unpaired) electrons. The van der Waals surface area contributed by atoms with Crippen molar-refractivity contribution >= 4 is 18.2 Å². The number of rotatable bonds is 4. The molecule has 1 aromatic carbocycles. The number of alkyl halides is 3. The second-order valence-electron chi connectivity index (χ2n) is 6.44. The van der Waals surface area contributed by atoms with Crippen molar-refractivity contribution in [3.05, 3.63) is 65.5 Å². The maximum absolute atomic E-state index is 13.0. The smallest absolute Gasteiger partial charge is 0.233 e. The molecule has 0 fully saturated rings. The van der Waals surface area contributed by atoms with Crippen LogP contribution in [-0.2, 0) is 6.18 Å². The van der Waals surface area contributed by atoms with Gasteiger partial charge in [-0.05, 0) is 55.7 Å². The summed E-state index contributed by atoms with van der Waals surface area (Å²) in [5.74, 6) is 1.04. The number of allylic oxidation sites excluding steroid dienone is 4. The molecule has 0 atom stereocenters. The maximum Gasteiger partial charge on any atom is 0.435 e. The fourth-order valence-corrected chi connectivity index (χ4v) is 2.94. The topological polar surface area (TPSA) is 17.8 Å². The molecule has 6 heteroatoms. The Kier molecular flexibility index (Phi) is 7.78. The van der Waals surface area contributed by atoms with E-state index in [1.54, 1.807) is 24.3 Å². The van der Waals surface area contributed by atoms with E-state index in [4.69, 9.17) is 0 Å². The molecule has 0 amide bonds. The molecule has 0 spiro atoms. The number of hydrogen-bond donors (Lipinski definition) is 1. The van der Waals surface area contributed by atoms with Gasteiger partial charge in [0.25, 0.3) is 0 Å². The summed E-state index contributed by atoms with van der Waals surface area (Å²) in [6, 6.07) is 10.0. The molecule has 3 rings (SSSR count). The zero-order chi connectivity index (χ0) is 19.9. The quantitative estimate of drug-likeness (QED) is 0.569. The lowest BCUT2D eigenvalue weighted by Gasteiger charge is -2.14. The van der Waals surface area contributed by atoms with Gasteiger partial charge >= 0.3 is 6.18 Å². The molecule has 1 aliphatic carbocycles. The normalized spacial score (nSPS) is 14.1. The van der Waals surface area contributed by atoms with Crippen molar-refractivity contribution in [2.24, 2.45) is 0 Å². The zero-order valence-electron chi connectivity index (χ0n) is 15.6. The Labute approximate surface area is 164 Å². The summed E-state index contributed by atoms with van der Waals surface area (Å²) < 4.78 is 40.4. The molecule has 0 N–H and O–H groups in total. The number of nitrogens with zero attached hydrogens (tertiary/aromatic N) is 2. The average Bonchev–Trinajstić information content (AvgIpc) is 3.10. The Balaban J connectivity index is 0.000000465. The summed E-state index contributed by atoms with van der Waals surface area (Å²) in [6.45, 7) is 4.18. The second-order valence-corrected chi connectivity index (χ2v) is 6.89. The minimum atomic E-state index is -4.45. The summed E-state index contributed by atoms with van der Waals surface area (Å²) in [4.78, 5) is 0. The molecule has 0 bridgehead atoms. The van der Waals surface area contributed by atoms with Crippen LogP contribution in [0.4, 0.5) is 13.2 Å². The number of halogens is 3. The van der Waals surface area contributed by atoms with E-state index in [0.29, 0.717) is 11.4 Å². The van der Waals surface area contributed by atoms with Crippen LogP contribution < -0.4 is 0 Å². The maximum atomic E-state index is 13.0. The molecule has 146 valence electrons. The molecule has 1 heterocycles. The van der Waals surface area contributed by atoms with Crippen LogP contribution in [0.25, 0.3) is 11.3 Å². The summed E-state index contributed by atoms with van der Waals surface area (Å²) >= 11 is 4.00. The van der Waals surface area contributed by atoms with Crippen LogP contribution in [0.5, 0.6) is 0 Å². The molecular weight excluding hydrogens is 369 g/mol. The van der Waals surface area contributed by atoms with Gasteiger partial charge in [-0.15, -0.1) is 0 Å². The van der Waals surface area contributed by atoms with E-state index in [0.717, 1.165) is 30.2 Å². The minimum Gasteiger partial charge on any atom is -0.233 e. The molecular formula is C21H25F3N2S. The molecule has 2 nitrogen and oxygen atoms in total. The molecule has 1 aromatic heterocycles. The SMILES string of the molecule is CC1=CC=C(c2cc(C(F)(F)F)nn2-c2ccccc2)CC1.CCCCS. The molecule has 2 aromatic rings. The summed E-state index contributed by atoms with van der Waals surface area (Å²) in [7, 11) is 0. The van der Waals surface area contributed by atoms with E-state index in [9.17, 15) is 13.2 Å². The lowest BCUT2D eigenvalue weighted by molar-refractivity contribution is -0.141. The van der Waals surface area contributed by atoms with Crippen LogP contribution in [-0.4, -0.2) is 15.5 Å². The third kappa shape index (κ3) is 6.03. The van der Waals surface area contributed by atoms with E-state index in [1.165, 1.54) is 23.1 Å². The van der Waals surface area contributed by atoms with Gasteiger partial charge in [0.15, 0.2) is 5.69 Å². The van der Waals surface area contributed by atoms with Crippen LogP contribution in [0.2, 0.25) is 0 Å². The van der Waals surface area contributed by atoms with Crippen LogP contribution in [0.15, 0.2) is 54.1 Å². The highest BCUT2D eigenvalue weighted by Crippen LogP contribution is 2.34. The van der Waals surface area contributed by atoms with Crippen molar-refractivity contribution < 1.29 is 13.2 Å². The summed E-state index contributed by atoms with van der Waals surface area (Å²) in [6.07, 6.45) is 3.48. The highest BCUT2D eigenvalue weighted by molar-refractivity contribution is 7.80. The molecule has 27 heavy (non-hydrogen) atoms. The average molecular weight is 395 g/mol. The number of unbranched alkanes of at least 4 members (excludes halogenated alkanes) is 1. The van der Waals surface area contributed by atoms with Gasteiger partial charge in [-0.25, -0.2) is 4.68 Å². The van der Waals surface area contributed by atoms with Crippen LogP contribution in [0, 0.1) is 0 Å². The van der Waals surface area contributed by atoms with Crippen LogP contribution >= 0.6 is 12.6 Å². The monoisotopic (exact) mass is 394 g/mol. The van der Waals surface area contributed by atoms with Crippen LogP contribution in [0.3, 0.4) is 0 Å². The van der Waals surface area contributed by atoms with Crippen molar-refractivity contribution in [1.82, 2.24) is 9.78 Å². The van der Waals surface area contributed by atoms with E-state index >= 15 is 0 Å². The predicted molar refractivity (Wildman–Crippen MR) is 108 cm³/mol. The van der Waals surface area contributed by atoms with E-state index in [-0.39, 0.29) is 0 Å². The van der Waals surface area contributed by atoms with Gasteiger partial charge < -0.3 is 0 Å². The highest BCUT2D eigenvalue weighted by atomic mass is 32.1. The van der Waals surface area contributed by atoms with E-state index in [1.807, 2.05) is 25.1 Å². The van der Waals surface area contributed by atoms with E-state index < -0.39 is 11.9 Å². The van der Waals surface area contributed by atoms with Crippen LogP contribution in [0.1, 0.15) is 50.9 Å². The third-order valence-electron chi connectivity index (χ3n) is 4.20. The second kappa shape index (κ2) is 9.83. The third-order valence-corrected chi connectivity index (χ3v) is 4.52. The van der Waals surface area contributed by atoms with Crippen molar-refractivity contribution in [2.45, 2.75) is 45.7 Å². The molecule has 0 unspecified atom stereocenters. The minimum absolute atomic E-state index is 0.502. The fourth-order valence-electron chi connectivity index (χ4n) is 2.63. The summed E-state index contributed by atoms with van der Waals surface area (Å²) in [5.41, 5.74) is 2.36. The van der Waals surface area contributed by atoms with Gasteiger partial charge in [-0.1, -0.05) is 49.3 Å². The van der Waals surface area contributed by atoms with Gasteiger partial charge in [-0.2, -0.15) is 30.9 Å². The Hall–Kier alpha value is -1.95. The number of aromatic nitrogens is 2. The molecule has 0 aliphatic heterocycles. The van der Waals surface area contributed by atoms with Crippen molar-refractivity contribution in [3.8, 4) is 5.69 Å². The standard InChI is InChI=1S/C17H15F3N2.C4H10S/c1-12-7-9-13(10-8-12)15-11-16(17(18,19)20)21-22(15)14-5-3-2-4-6-14;1-2-3-4-5/h2-7,9,11H,8,10H2,1H3;5H,2-4H2,1H3. The predicted octanol–water partition coefficient (Wildman–Crippen LogP) is 6.73. The lowest BCUT2D eigenvalue weighted by atomic mass is 9.97. The molecule has 0 saturated heterocycles. The first kappa shape index (κ1) is 21.4. The number of para-hydroxylation sites is 1. The molecule has 0 saturated carbocycles. The van der Waals surface area contributed by atoms with E-state index in [2.05, 4.69) is 24.7 Å². The first-order valence-electron chi connectivity index (χ1n) is 9.07. The Bertz CT molecular complexity index is 788. The zero-order valence-corrected chi connectivity index (χ0v) is 16.5. The largest absolute Gasteiger partial charge is 0.435 e. The Morgan fingerprint density at radius 3 is 2.30 bits per heavy atom. The van der Waals surface area contributed by atoms with Crippen molar-refractivity contribution in [1.29, 1.82) is 0 Å². The van der Waals surface area contributed by atoms with Gasteiger partial charge in [-0.3, -0.25) is 0 Å². The number of thiol groups is 1. The Morgan fingerprint density at radius 2 is 1.81 bits per heavy atom. The first-order chi connectivity index (χ1) is 12.9. The Morgan fingerprint density at radius 1 is 1.11 bits per heavy atom. The number of benzene rings is 1. The molecule has 1 aliphatic rings. The number of hydrogen-bond acceptors (Lipinski definition) is 2. The lowest BCUT2D eigenvalue weighted by Crippen LogP contribution is -2.07. The van der Waals surface area contributed by atoms with Gasteiger partial charge in [0.2, 0.25) is 0 Å². The highest BCUT2D eigenvalue weighted by Gasteiger charge is 2.35. The first-order valence-corrected chi connectivity index (χ1v) is 9.70.